The van der Waals surface area contributed by atoms with E-state index >= 15 is 0 Å². The van der Waals surface area contributed by atoms with Crippen LogP contribution in [0.1, 0.15) is 11.1 Å². The van der Waals surface area contributed by atoms with Crippen LogP contribution in [0.15, 0.2) is 42.5 Å². The number of nitrogens with one attached hydrogen (secondary N) is 2. The van der Waals surface area contributed by atoms with Crippen molar-refractivity contribution in [2.75, 3.05) is 17.2 Å². The van der Waals surface area contributed by atoms with E-state index in [9.17, 15) is 4.79 Å². The fraction of sp³-hybridized carbons (Fsp3) is 0.188. The van der Waals surface area contributed by atoms with Gasteiger partial charge >= 0.3 is 6.03 Å². The second kappa shape index (κ2) is 5.25. The number of carbonyl (C=O) groups is 1. The van der Waals surface area contributed by atoms with E-state index in [4.69, 9.17) is 4.74 Å². The van der Waals surface area contributed by atoms with Gasteiger partial charge in [0, 0.05) is 17.8 Å². The van der Waals surface area contributed by atoms with Crippen LogP contribution in [0.2, 0.25) is 0 Å². The quantitative estimate of drug-likeness (QED) is 0.874. The van der Waals surface area contributed by atoms with E-state index < -0.39 is 0 Å². The number of amides is 2. The molecular weight excluding hydrogens is 252 g/mol. The van der Waals surface area contributed by atoms with Gasteiger partial charge in [-0.1, -0.05) is 12.1 Å². The number of hydrogen-bond donors (Lipinski definition) is 2. The Morgan fingerprint density at radius 3 is 2.70 bits per heavy atom. The van der Waals surface area contributed by atoms with E-state index in [2.05, 4.69) is 10.6 Å². The lowest BCUT2D eigenvalue weighted by molar-refractivity contribution is 0.262. The summed E-state index contributed by atoms with van der Waals surface area (Å²) < 4.78 is 5.44. The largest absolute Gasteiger partial charge is 0.493 e. The van der Waals surface area contributed by atoms with Gasteiger partial charge in [-0.05, 0) is 48.4 Å². The molecule has 4 nitrogen and oxygen atoms in total. The number of rotatable bonds is 2. The van der Waals surface area contributed by atoms with Gasteiger partial charge in [-0.3, -0.25) is 0 Å². The Bertz CT molecular complexity index is 653. The highest BCUT2D eigenvalue weighted by Gasteiger charge is 2.12. The van der Waals surface area contributed by atoms with Crippen LogP contribution in [-0.4, -0.2) is 12.6 Å². The van der Waals surface area contributed by atoms with Gasteiger partial charge in [0.25, 0.3) is 0 Å². The first kappa shape index (κ1) is 12.5. The lowest BCUT2D eigenvalue weighted by Gasteiger charge is -2.09. The van der Waals surface area contributed by atoms with Crippen molar-refractivity contribution in [1.29, 1.82) is 0 Å². The summed E-state index contributed by atoms with van der Waals surface area (Å²) in [4.78, 5) is 11.9. The molecule has 2 aromatic rings. The third-order valence-electron chi connectivity index (χ3n) is 3.22. The van der Waals surface area contributed by atoms with Gasteiger partial charge in [0.05, 0.1) is 6.61 Å². The van der Waals surface area contributed by atoms with Crippen LogP contribution in [0.25, 0.3) is 0 Å². The van der Waals surface area contributed by atoms with Crippen LogP contribution in [0.3, 0.4) is 0 Å². The molecule has 0 saturated heterocycles. The van der Waals surface area contributed by atoms with E-state index in [0.29, 0.717) is 6.61 Å². The third-order valence-corrected chi connectivity index (χ3v) is 3.22. The fourth-order valence-corrected chi connectivity index (χ4v) is 2.28. The molecule has 3 rings (SSSR count). The molecule has 1 aliphatic rings. The van der Waals surface area contributed by atoms with E-state index in [0.717, 1.165) is 34.7 Å². The van der Waals surface area contributed by atoms with Crippen LogP contribution >= 0.6 is 0 Å². The van der Waals surface area contributed by atoms with Gasteiger partial charge in [-0.2, -0.15) is 0 Å². The number of ether oxygens (including phenoxy) is 1. The standard InChI is InChI=1S/C16H16N2O2/c1-11-3-2-4-13(9-11)17-16(19)18-14-5-6-15-12(10-14)7-8-20-15/h2-6,9-10H,7-8H2,1H3,(H2,17,18,19). The Hall–Kier alpha value is -2.49. The Kier molecular flexibility index (Phi) is 3.29. The smallest absolute Gasteiger partial charge is 0.323 e. The molecule has 0 fully saturated rings. The molecule has 20 heavy (non-hydrogen) atoms. The van der Waals surface area contributed by atoms with Gasteiger partial charge in [0.1, 0.15) is 5.75 Å². The summed E-state index contributed by atoms with van der Waals surface area (Å²) in [5, 5.41) is 5.65. The van der Waals surface area contributed by atoms with Crippen LogP contribution in [0, 0.1) is 6.92 Å². The second-order valence-electron chi connectivity index (χ2n) is 4.87. The highest BCUT2D eigenvalue weighted by Crippen LogP contribution is 2.27. The predicted molar refractivity (Wildman–Crippen MR) is 79.5 cm³/mol. The van der Waals surface area contributed by atoms with E-state index in [-0.39, 0.29) is 6.03 Å². The minimum atomic E-state index is -0.241. The van der Waals surface area contributed by atoms with Gasteiger partial charge in [0.2, 0.25) is 0 Å². The number of carbonyl (C=O) groups excluding carboxylic acids is 1. The molecule has 2 amide bonds. The van der Waals surface area contributed by atoms with Crippen LogP contribution in [0.5, 0.6) is 5.75 Å². The molecule has 0 unspecified atom stereocenters. The summed E-state index contributed by atoms with van der Waals surface area (Å²) in [6.45, 7) is 2.71. The van der Waals surface area contributed by atoms with Crippen LogP contribution in [0.4, 0.5) is 16.2 Å². The normalized spacial score (nSPS) is 12.4. The van der Waals surface area contributed by atoms with Crippen molar-refractivity contribution in [1.82, 2.24) is 0 Å². The fourth-order valence-electron chi connectivity index (χ4n) is 2.28. The first-order valence-electron chi connectivity index (χ1n) is 6.61. The summed E-state index contributed by atoms with van der Waals surface area (Å²) in [5.41, 5.74) is 3.81. The molecule has 102 valence electrons. The first-order valence-corrected chi connectivity index (χ1v) is 6.61. The highest BCUT2D eigenvalue weighted by atomic mass is 16.5. The number of benzene rings is 2. The van der Waals surface area contributed by atoms with Crippen molar-refractivity contribution >= 4 is 17.4 Å². The Morgan fingerprint density at radius 1 is 1.10 bits per heavy atom. The van der Waals surface area contributed by atoms with Crippen molar-refractivity contribution in [2.45, 2.75) is 13.3 Å². The van der Waals surface area contributed by atoms with Crippen molar-refractivity contribution in [3.05, 3.63) is 53.6 Å². The number of anilines is 2. The van der Waals surface area contributed by atoms with E-state index in [1.807, 2.05) is 49.4 Å². The third kappa shape index (κ3) is 2.74. The average Bonchev–Trinajstić information content (AvgIpc) is 2.86. The number of urea groups is 1. The summed E-state index contributed by atoms with van der Waals surface area (Å²) in [7, 11) is 0. The van der Waals surface area contributed by atoms with Gasteiger partial charge in [-0.25, -0.2) is 4.79 Å². The van der Waals surface area contributed by atoms with Gasteiger partial charge in [-0.15, -0.1) is 0 Å². The molecule has 0 saturated carbocycles. The van der Waals surface area contributed by atoms with E-state index in [1.54, 1.807) is 0 Å². The van der Waals surface area contributed by atoms with Crippen LogP contribution in [-0.2, 0) is 6.42 Å². The summed E-state index contributed by atoms with van der Waals surface area (Å²) in [5.74, 6) is 0.912. The van der Waals surface area contributed by atoms with Crippen molar-refractivity contribution < 1.29 is 9.53 Å². The molecule has 0 radical (unpaired) electrons. The van der Waals surface area contributed by atoms with Gasteiger partial charge in [0.15, 0.2) is 0 Å². The molecule has 2 N–H and O–H groups in total. The molecule has 0 aliphatic carbocycles. The predicted octanol–water partition coefficient (Wildman–Crippen LogP) is 3.57. The topological polar surface area (TPSA) is 50.4 Å². The summed E-state index contributed by atoms with van der Waals surface area (Å²) in [6, 6.07) is 13.2. The molecule has 0 bridgehead atoms. The van der Waals surface area contributed by atoms with Crippen molar-refractivity contribution in [2.24, 2.45) is 0 Å². The Balaban J connectivity index is 1.67. The molecule has 0 atom stereocenters. The second-order valence-corrected chi connectivity index (χ2v) is 4.87. The first-order chi connectivity index (χ1) is 9.70. The van der Waals surface area contributed by atoms with Gasteiger partial charge < -0.3 is 15.4 Å². The average molecular weight is 268 g/mol. The lowest BCUT2D eigenvalue weighted by Crippen LogP contribution is -2.19. The molecule has 0 aromatic heterocycles. The molecular formula is C16H16N2O2. The number of fused-ring (bicyclic) bond motifs is 1. The lowest BCUT2D eigenvalue weighted by atomic mass is 10.1. The number of hydrogen-bond acceptors (Lipinski definition) is 2. The SMILES string of the molecule is Cc1cccc(NC(=O)Nc2ccc3c(c2)CCO3)c1. The monoisotopic (exact) mass is 268 g/mol. The van der Waals surface area contributed by atoms with Crippen LogP contribution < -0.4 is 15.4 Å². The maximum atomic E-state index is 11.9. The Morgan fingerprint density at radius 2 is 1.90 bits per heavy atom. The molecule has 1 heterocycles. The minimum absolute atomic E-state index is 0.241. The molecule has 1 aliphatic heterocycles. The molecule has 2 aromatic carbocycles. The van der Waals surface area contributed by atoms with Crippen molar-refractivity contribution in [3.63, 3.8) is 0 Å². The maximum absolute atomic E-state index is 11.9. The Labute approximate surface area is 117 Å². The van der Waals surface area contributed by atoms with Crippen molar-refractivity contribution in [3.8, 4) is 5.75 Å². The van der Waals surface area contributed by atoms with E-state index in [1.165, 1.54) is 0 Å². The zero-order valence-corrected chi connectivity index (χ0v) is 11.3. The minimum Gasteiger partial charge on any atom is -0.493 e. The highest BCUT2D eigenvalue weighted by molar-refractivity contribution is 5.99. The molecule has 4 heteroatoms. The number of aryl methyl sites for hydroxylation is 1. The summed E-state index contributed by atoms with van der Waals surface area (Å²) >= 11 is 0. The summed E-state index contributed by atoms with van der Waals surface area (Å²) in [6.07, 6.45) is 0.893. The molecule has 0 spiro atoms. The zero-order valence-electron chi connectivity index (χ0n) is 11.3. The zero-order chi connectivity index (χ0) is 13.9. The maximum Gasteiger partial charge on any atom is 0.323 e.